The second kappa shape index (κ2) is 11.5. The molecule has 1 N–H and O–H groups in total. The number of methoxy groups -OCH3 is 2. The highest BCUT2D eigenvalue weighted by molar-refractivity contribution is 7.85. The molecule has 33 heavy (non-hydrogen) atoms. The third-order valence-corrected chi connectivity index (χ3v) is 5.76. The van der Waals surface area contributed by atoms with Gasteiger partial charge >= 0.3 is 0 Å². The Hall–Kier alpha value is -2.66. The lowest BCUT2D eigenvalue weighted by Gasteiger charge is -2.37. The number of carbonyl (C=O) groups excluding carboxylic acids is 1. The normalized spacial score (nSPS) is 19.1. The average molecular weight is 479 g/mol. The monoisotopic (exact) mass is 478 g/mol. The molecule has 2 atom stereocenters. The Morgan fingerprint density at radius 1 is 1.00 bits per heavy atom. The summed E-state index contributed by atoms with van der Waals surface area (Å²) in [5.74, 6) is 1.23. The number of rotatable bonds is 10. The van der Waals surface area contributed by atoms with Crippen LogP contribution in [0.15, 0.2) is 48.5 Å². The van der Waals surface area contributed by atoms with Crippen LogP contribution in [0, 0.1) is 0 Å². The van der Waals surface area contributed by atoms with E-state index in [9.17, 15) is 13.2 Å². The highest BCUT2D eigenvalue weighted by atomic mass is 32.2. The SMILES string of the molecule is COc1ccc(CNC(=O)[C@H]2CN(Cc3ccc(OC)cc3)C[C@@H](COS(C)(=O)=O)O2)cc1. The number of nitrogens with zero attached hydrogens (tertiary/aromatic N) is 1. The largest absolute Gasteiger partial charge is 0.497 e. The van der Waals surface area contributed by atoms with Gasteiger partial charge in [0.2, 0.25) is 0 Å². The molecule has 9 nitrogen and oxygen atoms in total. The molecule has 0 aliphatic carbocycles. The zero-order valence-corrected chi connectivity index (χ0v) is 19.8. The van der Waals surface area contributed by atoms with Gasteiger partial charge < -0.3 is 19.5 Å². The summed E-state index contributed by atoms with van der Waals surface area (Å²) in [4.78, 5) is 14.9. The molecule has 0 radical (unpaired) electrons. The predicted octanol–water partition coefficient (Wildman–Crippen LogP) is 1.57. The molecule has 2 aromatic carbocycles. The number of amides is 1. The van der Waals surface area contributed by atoms with E-state index in [-0.39, 0.29) is 12.5 Å². The van der Waals surface area contributed by atoms with Gasteiger partial charge in [-0.3, -0.25) is 13.9 Å². The first-order valence-corrected chi connectivity index (χ1v) is 12.3. The maximum Gasteiger partial charge on any atom is 0.264 e. The van der Waals surface area contributed by atoms with E-state index in [2.05, 4.69) is 10.2 Å². The number of ether oxygens (including phenoxy) is 3. The van der Waals surface area contributed by atoms with Crippen molar-refractivity contribution in [1.29, 1.82) is 0 Å². The molecule has 1 aliphatic rings. The minimum Gasteiger partial charge on any atom is -0.497 e. The van der Waals surface area contributed by atoms with E-state index in [4.69, 9.17) is 18.4 Å². The van der Waals surface area contributed by atoms with Gasteiger partial charge in [0.05, 0.1) is 33.2 Å². The van der Waals surface area contributed by atoms with E-state index in [0.29, 0.717) is 26.2 Å². The van der Waals surface area contributed by atoms with Crippen LogP contribution in [-0.2, 0) is 36.9 Å². The van der Waals surface area contributed by atoms with Crippen molar-refractivity contribution in [1.82, 2.24) is 10.2 Å². The quantitative estimate of drug-likeness (QED) is 0.514. The lowest BCUT2D eigenvalue weighted by atomic mass is 10.1. The topological polar surface area (TPSA) is 103 Å². The Morgan fingerprint density at radius 2 is 1.58 bits per heavy atom. The third-order valence-electron chi connectivity index (χ3n) is 5.19. The van der Waals surface area contributed by atoms with Gasteiger partial charge in [-0.15, -0.1) is 0 Å². The van der Waals surface area contributed by atoms with E-state index in [1.165, 1.54) is 0 Å². The third kappa shape index (κ3) is 8.01. The lowest BCUT2D eigenvalue weighted by molar-refractivity contribution is -0.150. The van der Waals surface area contributed by atoms with Crippen molar-refractivity contribution in [3.05, 3.63) is 59.7 Å². The van der Waals surface area contributed by atoms with Gasteiger partial charge in [0.25, 0.3) is 16.0 Å². The minimum absolute atomic E-state index is 0.153. The van der Waals surface area contributed by atoms with Gasteiger partial charge in [-0.1, -0.05) is 24.3 Å². The zero-order valence-electron chi connectivity index (χ0n) is 19.0. The lowest BCUT2D eigenvalue weighted by Crippen LogP contribution is -2.54. The summed E-state index contributed by atoms with van der Waals surface area (Å²) in [6, 6.07) is 15.1. The number of hydrogen-bond acceptors (Lipinski definition) is 8. The van der Waals surface area contributed by atoms with Crippen LogP contribution < -0.4 is 14.8 Å². The van der Waals surface area contributed by atoms with Crippen LogP contribution in [0.1, 0.15) is 11.1 Å². The van der Waals surface area contributed by atoms with Crippen LogP contribution >= 0.6 is 0 Å². The van der Waals surface area contributed by atoms with Crippen molar-refractivity contribution < 1.29 is 31.6 Å². The Bertz CT molecular complexity index is 1010. The molecule has 0 bridgehead atoms. The summed E-state index contributed by atoms with van der Waals surface area (Å²) in [5.41, 5.74) is 1.96. The Morgan fingerprint density at radius 3 is 2.12 bits per heavy atom. The van der Waals surface area contributed by atoms with Crippen molar-refractivity contribution in [2.75, 3.05) is 40.2 Å². The Kier molecular flexibility index (Phi) is 8.67. The minimum atomic E-state index is -3.62. The van der Waals surface area contributed by atoms with Crippen LogP contribution in [0.25, 0.3) is 0 Å². The fourth-order valence-corrected chi connectivity index (χ4v) is 3.92. The molecule has 0 saturated carbocycles. The number of carbonyl (C=O) groups is 1. The molecule has 1 amide bonds. The summed E-state index contributed by atoms with van der Waals surface area (Å²) < 4.78 is 44.0. The smallest absolute Gasteiger partial charge is 0.264 e. The molecule has 3 rings (SSSR count). The van der Waals surface area contributed by atoms with Gasteiger partial charge in [0.1, 0.15) is 17.6 Å². The molecule has 1 heterocycles. The van der Waals surface area contributed by atoms with E-state index < -0.39 is 22.3 Å². The second-order valence-corrected chi connectivity index (χ2v) is 9.49. The first-order valence-electron chi connectivity index (χ1n) is 10.5. The fourth-order valence-electron chi connectivity index (χ4n) is 3.52. The van der Waals surface area contributed by atoms with Crippen LogP contribution in [0.5, 0.6) is 11.5 Å². The molecule has 1 saturated heterocycles. The average Bonchev–Trinajstić information content (AvgIpc) is 2.81. The van der Waals surface area contributed by atoms with E-state index in [0.717, 1.165) is 28.9 Å². The summed E-state index contributed by atoms with van der Waals surface area (Å²) in [6.45, 7) is 1.57. The van der Waals surface area contributed by atoms with Crippen LogP contribution in [0.2, 0.25) is 0 Å². The number of morpholine rings is 1. The van der Waals surface area contributed by atoms with Crippen molar-refractivity contribution in [2.45, 2.75) is 25.3 Å². The molecule has 1 aliphatic heterocycles. The molecule has 0 unspecified atom stereocenters. The maximum absolute atomic E-state index is 12.9. The van der Waals surface area contributed by atoms with E-state index in [1.807, 2.05) is 48.5 Å². The standard InChI is InChI=1S/C23H30N2O7S/c1-29-19-8-4-17(5-9-19)12-24-23(26)22-15-25(13-18-6-10-20(30-2)11-7-18)14-21(32-22)16-31-33(3,27)28/h4-11,21-22H,12-16H2,1-3H3,(H,24,26)/t21-,22+/m0/s1. The number of benzene rings is 2. The summed E-state index contributed by atoms with van der Waals surface area (Å²) in [7, 11) is -0.415. The first-order chi connectivity index (χ1) is 15.8. The first kappa shape index (κ1) is 25.0. The molecular weight excluding hydrogens is 448 g/mol. The van der Waals surface area contributed by atoms with Crippen molar-refractivity contribution in [3.63, 3.8) is 0 Å². The van der Waals surface area contributed by atoms with Gasteiger partial charge in [-0.05, 0) is 35.4 Å². The molecule has 1 fully saturated rings. The number of hydrogen-bond donors (Lipinski definition) is 1. The second-order valence-electron chi connectivity index (χ2n) is 7.84. The molecule has 10 heteroatoms. The van der Waals surface area contributed by atoms with Crippen LogP contribution in [0.3, 0.4) is 0 Å². The molecular formula is C23H30N2O7S. The highest BCUT2D eigenvalue weighted by Gasteiger charge is 2.33. The summed E-state index contributed by atoms with van der Waals surface area (Å²) in [6.07, 6.45) is -0.337. The Labute approximate surface area is 194 Å². The zero-order chi connectivity index (χ0) is 23.8. The van der Waals surface area contributed by atoms with Gasteiger partial charge in [0, 0.05) is 26.2 Å². The summed E-state index contributed by atoms with van der Waals surface area (Å²) >= 11 is 0. The van der Waals surface area contributed by atoms with Gasteiger partial charge in [-0.25, -0.2) is 0 Å². The molecule has 180 valence electrons. The molecule has 2 aromatic rings. The summed E-state index contributed by atoms with van der Waals surface area (Å²) in [5, 5.41) is 2.89. The fraction of sp³-hybridized carbons (Fsp3) is 0.435. The van der Waals surface area contributed by atoms with Crippen LogP contribution in [-0.4, -0.2) is 71.6 Å². The molecule has 0 aromatic heterocycles. The van der Waals surface area contributed by atoms with Crippen molar-refractivity contribution in [2.24, 2.45) is 0 Å². The highest BCUT2D eigenvalue weighted by Crippen LogP contribution is 2.18. The predicted molar refractivity (Wildman–Crippen MR) is 123 cm³/mol. The Balaban J connectivity index is 1.64. The van der Waals surface area contributed by atoms with Gasteiger partial charge in [0.15, 0.2) is 0 Å². The van der Waals surface area contributed by atoms with Crippen molar-refractivity contribution >= 4 is 16.0 Å². The van der Waals surface area contributed by atoms with Crippen LogP contribution in [0.4, 0.5) is 0 Å². The van der Waals surface area contributed by atoms with E-state index in [1.54, 1.807) is 14.2 Å². The van der Waals surface area contributed by atoms with Crippen molar-refractivity contribution in [3.8, 4) is 11.5 Å². The number of nitrogens with one attached hydrogen (secondary N) is 1. The molecule has 0 spiro atoms. The van der Waals surface area contributed by atoms with E-state index >= 15 is 0 Å². The van der Waals surface area contributed by atoms with Gasteiger partial charge in [-0.2, -0.15) is 8.42 Å². The maximum atomic E-state index is 12.9.